The van der Waals surface area contributed by atoms with Gasteiger partial charge in [-0.2, -0.15) is 0 Å². The quantitative estimate of drug-likeness (QED) is 0.223. The standard InChI is InChI=1S/C22H37NO2/c1-2-3-4-5-6-7-8-9-10-11-12-13-14-15-16-17-18-19-22(24)25-21-20-23/h6-7,9-10,12-13,15-16H,2-5,8,11,14,17-21,23H2,1H3/b7-6+,10-9+,13-12-,16-15+. The van der Waals surface area contributed by atoms with Gasteiger partial charge in [0.05, 0.1) is 0 Å². The van der Waals surface area contributed by atoms with Gasteiger partial charge in [-0.05, 0) is 44.9 Å². The van der Waals surface area contributed by atoms with E-state index >= 15 is 0 Å². The molecule has 0 aliphatic rings. The van der Waals surface area contributed by atoms with Gasteiger partial charge in [0, 0.05) is 13.0 Å². The van der Waals surface area contributed by atoms with Crippen LogP contribution in [0.4, 0.5) is 0 Å². The Morgan fingerprint density at radius 3 is 1.84 bits per heavy atom. The third kappa shape index (κ3) is 20.3. The first-order chi connectivity index (χ1) is 12.3. The van der Waals surface area contributed by atoms with Gasteiger partial charge in [0.1, 0.15) is 6.61 Å². The Morgan fingerprint density at radius 2 is 1.32 bits per heavy atom. The Labute approximate surface area is 154 Å². The number of esters is 1. The molecular formula is C22H37NO2. The van der Waals surface area contributed by atoms with Gasteiger partial charge in [0.25, 0.3) is 0 Å². The van der Waals surface area contributed by atoms with Crippen LogP contribution in [0, 0.1) is 0 Å². The van der Waals surface area contributed by atoms with Gasteiger partial charge in [-0.25, -0.2) is 0 Å². The smallest absolute Gasteiger partial charge is 0.305 e. The molecule has 0 unspecified atom stereocenters. The number of unbranched alkanes of at least 4 members (excludes halogenated alkanes) is 4. The highest BCUT2D eigenvalue weighted by atomic mass is 16.5. The van der Waals surface area contributed by atoms with Gasteiger partial charge in [-0.15, -0.1) is 0 Å². The Morgan fingerprint density at radius 1 is 0.800 bits per heavy atom. The number of nitrogens with two attached hydrogens (primary N) is 1. The summed E-state index contributed by atoms with van der Waals surface area (Å²) in [6, 6.07) is 0. The third-order valence-corrected chi connectivity index (χ3v) is 3.59. The summed E-state index contributed by atoms with van der Waals surface area (Å²) in [6.07, 6.45) is 27.9. The Bertz CT molecular complexity index is 408. The molecule has 0 saturated carbocycles. The fourth-order valence-corrected chi connectivity index (χ4v) is 2.17. The average molecular weight is 348 g/mol. The lowest BCUT2D eigenvalue weighted by atomic mass is 10.2. The molecule has 0 spiro atoms. The van der Waals surface area contributed by atoms with E-state index in [9.17, 15) is 4.79 Å². The SMILES string of the molecule is CCCCC/C=C/C/C=C/C/C=C\C/C=C/CCCC(=O)OCCN. The second-order valence-electron chi connectivity index (χ2n) is 5.99. The van der Waals surface area contributed by atoms with E-state index in [1.54, 1.807) is 0 Å². The Hall–Kier alpha value is -1.61. The van der Waals surface area contributed by atoms with Crippen LogP contribution < -0.4 is 5.73 Å². The van der Waals surface area contributed by atoms with Crippen molar-refractivity contribution in [1.82, 2.24) is 0 Å². The number of carbonyl (C=O) groups is 1. The van der Waals surface area contributed by atoms with E-state index in [1.807, 2.05) is 0 Å². The number of rotatable bonds is 16. The van der Waals surface area contributed by atoms with Gasteiger partial charge >= 0.3 is 5.97 Å². The summed E-state index contributed by atoms with van der Waals surface area (Å²) < 4.78 is 4.91. The van der Waals surface area contributed by atoms with Crippen molar-refractivity contribution in [2.24, 2.45) is 5.73 Å². The Balaban J connectivity index is 3.44. The van der Waals surface area contributed by atoms with Crippen LogP contribution in [0.15, 0.2) is 48.6 Å². The van der Waals surface area contributed by atoms with Crippen molar-refractivity contribution in [3.63, 3.8) is 0 Å². The minimum absolute atomic E-state index is 0.152. The second-order valence-corrected chi connectivity index (χ2v) is 5.99. The van der Waals surface area contributed by atoms with E-state index in [-0.39, 0.29) is 5.97 Å². The molecule has 3 heteroatoms. The lowest BCUT2D eigenvalue weighted by Crippen LogP contribution is -2.13. The maximum Gasteiger partial charge on any atom is 0.305 e. The molecule has 0 radical (unpaired) electrons. The average Bonchev–Trinajstić information content (AvgIpc) is 2.62. The molecule has 3 nitrogen and oxygen atoms in total. The zero-order chi connectivity index (χ0) is 18.4. The summed E-state index contributed by atoms with van der Waals surface area (Å²) in [5.74, 6) is -0.152. The molecule has 0 bridgehead atoms. The predicted octanol–water partition coefficient (Wildman–Crippen LogP) is 5.63. The molecule has 0 aliphatic heterocycles. The van der Waals surface area contributed by atoms with Crippen molar-refractivity contribution in [1.29, 1.82) is 0 Å². The van der Waals surface area contributed by atoms with Crippen LogP contribution in [0.3, 0.4) is 0 Å². The van der Waals surface area contributed by atoms with E-state index in [0.29, 0.717) is 19.6 Å². The molecule has 0 aliphatic carbocycles. The van der Waals surface area contributed by atoms with E-state index in [4.69, 9.17) is 10.5 Å². The molecule has 0 aromatic carbocycles. The molecule has 0 aromatic rings. The number of ether oxygens (including phenoxy) is 1. The molecule has 0 rings (SSSR count). The summed E-state index contributed by atoms with van der Waals surface area (Å²) in [6.45, 7) is 2.95. The van der Waals surface area contributed by atoms with Crippen molar-refractivity contribution < 1.29 is 9.53 Å². The second kappa shape index (κ2) is 20.4. The van der Waals surface area contributed by atoms with Crippen LogP contribution in [-0.4, -0.2) is 19.1 Å². The Kier molecular flexibility index (Phi) is 19.1. The van der Waals surface area contributed by atoms with Gasteiger partial charge in [-0.3, -0.25) is 4.79 Å². The van der Waals surface area contributed by atoms with Gasteiger partial charge in [0.2, 0.25) is 0 Å². The van der Waals surface area contributed by atoms with Crippen molar-refractivity contribution >= 4 is 5.97 Å². The van der Waals surface area contributed by atoms with Crippen molar-refractivity contribution in [2.45, 2.75) is 71.1 Å². The maximum absolute atomic E-state index is 11.2. The molecule has 0 saturated heterocycles. The highest BCUT2D eigenvalue weighted by Gasteiger charge is 1.99. The summed E-state index contributed by atoms with van der Waals surface area (Å²) in [5, 5.41) is 0. The first kappa shape index (κ1) is 23.4. The highest BCUT2D eigenvalue weighted by Crippen LogP contribution is 2.02. The molecule has 25 heavy (non-hydrogen) atoms. The van der Waals surface area contributed by atoms with Crippen molar-refractivity contribution in [2.75, 3.05) is 13.2 Å². The maximum atomic E-state index is 11.2. The molecule has 0 atom stereocenters. The van der Waals surface area contributed by atoms with Gasteiger partial charge in [-0.1, -0.05) is 68.4 Å². The minimum Gasteiger partial charge on any atom is -0.464 e. The first-order valence-corrected chi connectivity index (χ1v) is 9.77. The lowest BCUT2D eigenvalue weighted by molar-refractivity contribution is -0.143. The predicted molar refractivity (Wildman–Crippen MR) is 108 cm³/mol. The molecule has 0 fully saturated rings. The van der Waals surface area contributed by atoms with Crippen LogP contribution in [-0.2, 0) is 9.53 Å². The van der Waals surface area contributed by atoms with E-state index in [1.165, 1.54) is 25.7 Å². The van der Waals surface area contributed by atoms with E-state index in [2.05, 4.69) is 55.5 Å². The number of hydrogen-bond acceptors (Lipinski definition) is 3. The zero-order valence-electron chi connectivity index (χ0n) is 16.0. The van der Waals surface area contributed by atoms with E-state index in [0.717, 1.165) is 32.1 Å². The monoisotopic (exact) mass is 347 g/mol. The fourth-order valence-electron chi connectivity index (χ4n) is 2.17. The summed E-state index contributed by atoms with van der Waals surface area (Å²) >= 11 is 0. The lowest BCUT2D eigenvalue weighted by Gasteiger charge is -2.00. The third-order valence-electron chi connectivity index (χ3n) is 3.59. The summed E-state index contributed by atoms with van der Waals surface area (Å²) in [7, 11) is 0. The normalized spacial score (nSPS) is 12.2. The molecule has 0 amide bonds. The molecule has 0 heterocycles. The van der Waals surface area contributed by atoms with Crippen LogP contribution in [0.1, 0.15) is 71.1 Å². The summed E-state index contributed by atoms with van der Waals surface area (Å²) in [5.41, 5.74) is 5.27. The number of allylic oxidation sites excluding steroid dienone is 8. The topological polar surface area (TPSA) is 52.3 Å². The zero-order valence-corrected chi connectivity index (χ0v) is 16.0. The first-order valence-electron chi connectivity index (χ1n) is 9.77. The number of carbonyl (C=O) groups excluding carboxylic acids is 1. The van der Waals surface area contributed by atoms with Crippen molar-refractivity contribution in [3.8, 4) is 0 Å². The van der Waals surface area contributed by atoms with Crippen LogP contribution >= 0.6 is 0 Å². The highest BCUT2D eigenvalue weighted by molar-refractivity contribution is 5.69. The van der Waals surface area contributed by atoms with Gasteiger partial charge < -0.3 is 10.5 Å². The molecule has 0 aromatic heterocycles. The van der Waals surface area contributed by atoms with Crippen LogP contribution in [0.5, 0.6) is 0 Å². The molecule has 142 valence electrons. The van der Waals surface area contributed by atoms with Gasteiger partial charge in [0.15, 0.2) is 0 Å². The molecule has 2 N–H and O–H groups in total. The fraction of sp³-hybridized carbons (Fsp3) is 0.591. The molecular weight excluding hydrogens is 310 g/mol. The summed E-state index contributed by atoms with van der Waals surface area (Å²) in [4.78, 5) is 11.2. The van der Waals surface area contributed by atoms with Crippen LogP contribution in [0.2, 0.25) is 0 Å². The minimum atomic E-state index is -0.152. The van der Waals surface area contributed by atoms with Crippen LogP contribution in [0.25, 0.3) is 0 Å². The van der Waals surface area contributed by atoms with E-state index < -0.39 is 0 Å². The largest absolute Gasteiger partial charge is 0.464 e. The van der Waals surface area contributed by atoms with Crippen molar-refractivity contribution in [3.05, 3.63) is 48.6 Å². The number of hydrogen-bond donors (Lipinski definition) is 1.